The summed E-state index contributed by atoms with van der Waals surface area (Å²) in [6.07, 6.45) is 0. The molecule has 0 saturated heterocycles. The van der Waals surface area contributed by atoms with Crippen molar-refractivity contribution in [1.82, 2.24) is 9.78 Å². The maximum Gasteiger partial charge on any atom is 0.359 e. The first-order valence-corrected chi connectivity index (χ1v) is 11.0. The van der Waals surface area contributed by atoms with Crippen LogP contribution in [0.25, 0.3) is 16.5 Å². The Morgan fingerprint density at radius 2 is 1.88 bits per heavy atom. The SMILES string of the molecule is CCOC(=O)c1nn(-c2ccc(C)cc2)c(=O)c2c(NC(=O)c3ccccc3[N+](=O)[O-])scc12. The van der Waals surface area contributed by atoms with E-state index in [1.54, 1.807) is 31.2 Å². The molecule has 11 heteroatoms. The molecule has 0 bridgehead atoms. The molecule has 0 fully saturated rings. The number of aromatic nitrogens is 2. The summed E-state index contributed by atoms with van der Waals surface area (Å²) in [6, 6.07) is 12.4. The third-order valence-electron chi connectivity index (χ3n) is 4.97. The summed E-state index contributed by atoms with van der Waals surface area (Å²) in [6.45, 7) is 3.65. The molecule has 2 aromatic carbocycles. The van der Waals surface area contributed by atoms with Crippen LogP contribution in [0.15, 0.2) is 58.7 Å². The molecule has 10 nitrogen and oxygen atoms in total. The van der Waals surface area contributed by atoms with Gasteiger partial charge in [0.2, 0.25) is 0 Å². The molecular formula is C23H18N4O6S. The molecule has 1 N–H and O–H groups in total. The predicted molar refractivity (Wildman–Crippen MR) is 127 cm³/mol. The zero-order valence-corrected chi connectivity index (χ0v) is 18.9. The van der Waals surface area contributed by atoms with Crippen molar-refractivity contribution in [2.45, 2.75) is 13.8 Å². The molecule has 34 heavy (non-hydrogen) atoms. The number of aryl methyl sites for hydroxylation is 1. The van der Waals surface area contributed by atoms with Crippen LogP contribution in [0.2, 0.25) is 0 Å². The van der Waals surface area contributed by atoms with Crippen molar-refractivity contribution in [2.75, 3.05) is 11.9 Å². The molecule has 0 saturated carbocycles. The molecule has 1 amide bonds. The van der Waals surface area contributed by atoms with Gasteiger partial charge in [-0.15, -0.1) is 11.3 Å². The van der Waals surface area contributed by atoms with Crippen LogP contribution in [0.4, 0.5) is 10.7 Å². The van der Waals surface area contributed by atoms with Gasteiger partial charge in [-0.1, -0.05) is 29.8 Å². The fourth-order valence-electron chi connectivity index (χ4n) is 3.35. The van der Waals surface area contributed by atoms with Gasteiger partial charge in [0.25, 0.3) is 17.2 Å². The fourth-order valence-corrected chi connectivity index (χ4v) is 4.28. The summed E-state index contributed by atoms with van der Waals surface area (Å²) < 4.78 is 6.18. The Morgan fingerprint density at radius 3 is 2.56 bits per heavy atom. The van der Waals surface area contributed by atoms with Crippen LogP contribution in [0.1, 0.15) is 33.3 Å². The lowest BCUT2D eigenvalue weighted by molar-refractivity contribution is -0.385. The lowest BCUT2D eigenvalue weighted by Gasteiger charge is -2.10. The van der Waals surface area contributed by atoms with E-state index < -0.39 is 22.4 Å². The van der Waals surface area contributed by atoms with Gasteiger partial charge in [-0.05, 0) is 32.0 Å². The van der Waals surface area contributed by atoms with Gasteiger partial charge in [-0.3, -0.25) is 19.7 Å². The molecule has 0 unspecified atom stereocenters. The number of ether oxygens (including phenoxy) is 1. The third-order valence-corrected chi connectivity index (χ3v) is 5.87. The highest BCUT2D eigenvalue weighted by atomic mass is 32.1. The van der Waals surface area contributed by atoms with Gasteiger partial charge in [0, 0.05) is 16.8 Å². The van der Waals surface area contributed by atoms with E-state index in [0.29, 0.717) is 5.69 Å². The number of carbonyl (C=O) groups is 2. The molecule has 0 radical (unpaired) electrons. The molecule has 4 rings (SSSR count). The number of carbonyl (C=O) groups excluding carboxylic acids is 2. The van der Waals surface area contributed by atoms with Crippen LogP contribution in [-0.2, 0) is 4.74 Å². The van der Waals surface area contributed by atoms with Gasteiger partial charge in [-0.25, -0.2) is 4.79 Å². The lowest BCUT2D eigenvalue weighted by atomic mass is 10.1. The van der Waals surface area contributed by atoms with Crippen molar-refractivity contribution in [1.29, 1.82) is 0 Å². The first kappa shape index (κ1) is 22.8. The smallest absolute Gasteiger partial charge is 0.359 e. The van der Waals surface area contributed by atoms with Crippen LogP contribution in [0, 0.1) is 17.0 Å². The summed E-state index contributed by atoms with van der Waals surface area (Å²) in [5, 5.41) is 20.1. The predicted octanol–water partition coefficient (Wildman–Crippen LogP) is 4.09. The molecule has 0 atom stereocenters. The van der Waals surface area contributed by atoms with Crippen molar-refractivity contribution >= 4 is 44.7 Å². The Kier molecular flexibility index (Phi) is 6.19. The average molecular weight is 478 g/mol. The number of nitro groups is 1. The summed E-state index contributed by atoms with van der Waals surface area (Å²) in [7, 11) is 0. The van der Waals surface area contributed by atoms with E-state index in [9.17, 15) is 24.5 Å². The van der Waals surface area contributed by atoms with Gasteiger partial charge >= 0.3 is 5.97 Å². The van der Waals surface area contributed by atoms with E-state index in [4.69, 9.17) is 4.74 Å². The topological polar surface area (TPSA) is 133 Å². The van der Waals surface area contributed by atoms with Crippen LogP contribution in [-0.4, -0.2) is 33.2 Å². The van der Waals surface area contributed by atoms with Gasteiger partial charge in [-0.2, -0.15) is 9.78 Å². The number of amides is 1. The molecule has 0 spiro atoms. The van der Waals surface area contributed by atoms with Crippen molar-refractivity contribution in [3.8, 4) is 5.69 Å². The van der Waals surface area contributed by atoms with Gasteiger partial charge in [0.05, 0.1) is 22.6 Å². The number of hydrogen-bond acceptors (Lipinski definition) is 8. The maximum absolute atomic E-state index is 13.4. The molecule has 0 aliphatic carbocycles. The number of anilines is 1. The molecule has 172 valence electrons. The second-order valence-electron chi connectivity index (χ2n) is 7.20. The molecule has 2 aromatic heterocycles. The Morgan fingerprint density at radius 1 is 1.18 bits per heavy atom. The van der Waals surface area contributed by atoms with Gasteiger partial charge in [0.1, 0.15) is 10.6 Å². The lowest BCUT2D eigenvalue weighted by Crippen LogP contribution is -2.25. The second kappa shape index (κ2) is 9.24. The standard InChI is InChI=1S/C23H18N4O6S/c1-3-33-23(30)19-16-12-34-21(24-20(28)15-6-4-5-7-17(15)27(31)32)18(16)22(29)26(25-19)14-10-8-13(2)9-11-14/h4-12H,3H2,1-2H3,(H,24,28). The summed E-state index contributed by atoms with van der Waals surface area (Å²) in [4.78, 5) is 49.6. The van der Waals surface area contributed by atoms with Crippen molar-refractivity contribution in [3.63, 3.8) is 0 Å². The van der Waals surface area contributed by atoms with Crippen LogP contribution < -0.4 is 10.9 Å². The van der Waals surface area contributed by atoms with Crippen molar-refractivity contribution in [3.05, 3.63) is 91.2 Å². The number of thiophene rings is 1. The molecule has 0 aliphatic heterocycles. The first-order chi connectivity index (χ1) is 16.3. The number of nitrogens with one attached hydrogen (secondary N) is 1. The maximum atomic E-state index is 13.4. The fraction of sp³-hybridized carbons (Fsp3) is 0.130. The zero-order chi connectivity index (χ0) is 24.4. The van der Waals surface area contributed by atoms with E-state index in [1.165, 1.54) is 29.6 Å². The zero-order valence-electron chi connectivity index (χ0n) is 18.1. The van der Waals surface area contributed by atoms with Gasteiger partial charge < -0.3 is 10.1 Å². The third kappa shape index (κ3) is 4.16. The number of rotatable bonds is 6. The summed E-state index contributed by atoms with van der Waals surface area (Å²) in [5.41, 5.74) is 0.214. The highest BCUT2D eigenvalue weighted by molar-refractivity contribution is 7.16. The van der Waals surface area contributed by atoms with Crippen LogP contribution >= 0.6 is 11.3 Å². The van der Waals surface area contributed by atoms with E-state index >= 15 is 0 Å². The number of para-hydroxylation sites is 1. The number of fused-ring (bicyclic) bond motifs is 1. The molecule has 2 heterocycles. The van der Waals surface area contributed by atoms with E-state index in [1.807, 2.05) is 6.92 Å². The first-order valence-electron chi connectivity index (χ1n) is 10.1. The number of hydrogen-bond donors (Lipinski definition) is 1. The molecular weight excluding hydrogens is 460 g/mol. The van der Waals surface area contributed by atoms with Crippen LogP contribution in [0.5, 0.6) is 0 Å². The largest absolute Gasteiger partial charge is 0.461 e. The Balaban J connectivity index is 1.88. The van der Waals surface area contributed by atoms with E-state index in [-0.39, 0.29) is 39.3 Å². The highest BCUT2D eigenvalue weighted by Gasteiger charge is 2.25. The second-order valence-corrected chi connectivity index (χ2v) is 8.08. The quantitative estimate of drug-likeness (QED) is 0.251. The Hall–Kier alpha value is -4.38. The average Bonchev–Trinajstić information content (AvgIpc) is 3.24. The summed E-state index contributed by atoms with van der Waals surface area (Å²) >= 11 is 1.01. The minimum atomic E-state index is -0.758. The minimum absolute atomic E-state index is 0.0514. The van der Waals surface area contributed by atoms with Gasteiger partial charge in [0.15, 0.2) is 5.69 Å². The van der Waals surface area contributed by atoms with E-state index in [2.05, 4.69) is 10.4 Å². The van der Waals surface area contributed by atoms with Crippen molar-refractivity contribution in [2.24, 2.45) is 0 Å². The number of esters is 1. The number of benzene rings is 2. The minimum Gasteiger partial charge on any atom is -0.461 e. The summed E-state index contributed by atoms with van der Waals surface area (Å²) in [5.74, 6) is -1.48. The normalized spacial score (nSPS) is 10.8. The highest BCUT2D eigenvalue weighted by Crippen LogP contribution is 2.31. The Labute approximate surface area is 196 Å². The molecule has 0 aliphatic rings. The number of nitrogens with zero attached hydrogens (tertiary/aromatic N) is 3. The molecule has 4 aromatic rings. The van der Waals surface area contributed by atoms with Crippen molar-refractivity contribution < 1.29 is 19.2 Å². The van der Waals surface area contributed by atoms with E-state index in [0.717, 1.165) is 21.6 Å². The monoisotopic (exact) mass is 478 g/mol. The number of nitro benzene ring substituents is 1. The Bertz CT molecular complexity index is 1490. The van der Waals surface area contributed by atoms with Crippen LogP contribution in [0.3, 0.4) is 0 Å².